The third-order valence-electron chi connectivity index (χ3n) is 3.45. The van der Waals surface area contributed by atoms with Crippen LogP contribution in [-0.2, 0) is 11.2 Å². The number of aromatic nitrogens is 1. The van der Waals surface area contributed by atoms with Gasteiger partial charge < -0.3 is 5.32 Å². The fourth-order valence-electron chi connectivity index (χ4n) is 2.50. The SMILES string of the molecule is CCCN(CCC)CC(=O)NCCc1nc2ccccc2s1. The summed E-state index contributed by atoms with van der Waals surface area (Å²) in [6, 6.07) is 8.15. The summed E-state index contributed by atoms with van der Waals surface area (Å²) in [5.41, 5.74) is 1.05. The van der Waals surface area contributed by atoms with E-state index in [1.165, 1.54) is 4.70 Å². The van der Waals surface area contributed by atoms with Gasteiger partial charge in [-0.1, -0.05) is 26.0 Å². The molecule has 0 radical (unpaired) electrons. The first-order chi connectivity index (χ1) is 10.7. The number of nitrogens with one attached hydrogen (secondary N) is 1. The van der Waals surface area contributed by atoms with Crippen LogP contribution >= 0.6 is 11.3 Å². The van der Waals surface area contributed by atoms with Crippen LogP contribution in [0.4, 0.5) is 0 Å². The van der Waals surface area contributed by atoms with Crippen molar-refractivity contribution in [3.8, 4) is 0 Å². The maximum absolute atomic E-state index is 12.0. The van der Waals surface area contributed by atoms with Crippen molar-refractivity contribution in [2.45, 2.75) is 33.1 Å². The fraction of sp³-hybridized carbons (Fsp3) is 0.529. The Hall–Kier alpha value is -1.46. The molecule has 2 aromatic rings. The third kappa shape index (κ3) is 5.07. The summed E-state index contributed by atoms with van der Waals surface area (Å²) in [5, 5.41) is 4.09. The first-order valence-electron chi connectivity index (χ1n) is 8.06. The van der Waals surface area contributed by atoms with Crippen LogP contribution in [0.3, 0.4) is 0 Å². The van der Waals surface area contributed by atoms with Gasteiger partial charge in [-0.25, -0.2) is 4.98 Å². The first-order valence-corrected chi connectivity index (χ1v) is 8.88. The zero-order valence-electron chi connectivity index (χ0n) is 13.5. The molecule has 120 valence electrons. The Morgan fingerprint density at radius 1 is 1.23 bits per heavy atom. The molecular formula is C17H25N3OS. The van der Waals surface area contributed by atoms with Gasteiger partial charge >= 0.3 is 0 Å². The average molecular weight is 319 g/mol. The maximum atomic E-state index is 12.0. The van der Waals surface area contributed by atoms with Gasteiger partial charge in [-0.2, -0.15) is 0 Å². The summed E-state index contributed by atoms with van der Waals surface area (Å²) in [6.07, 6.45) is 2.96. The van der Waals surface area contributed by atoms with Gasteiger partial charge in [0, 0.05) is 13.0 Å². The van der Waals surface area contributed by atoms with Crippen molar-refractivity contribution >= 4 is 27.5 Å². The van der Waals surface area contributed by atoms with E-state index >= 15 is 0 Å². The molecule has 0 bridgehead atoms. The minimum atomic E-state index is 0.114. The van der Waals surface area contributed by atoms with E-state index in [4.69, 9.17) is 0 Å². The average Bonchev–Trinajstić information content (AvgIpc) is 2.90. The number of rotatable bonds is 9. The standard InChI is InChI=1S/C17H25N3OS/c1-3-11-20(12-4-2)13-16(21)18-10-9-17-19-14-7-5-6-8-15(14)22-17/h5-8H,3-4,9-13H2,1-2H3,(H,18,21). The Labute approximate surface area is 136 Å². The van der Waals surface area contributed by atoms with E-state index in [2.05, 4.69) is 35.1 Å². The lowest BCUT2D eigenvalue weighted by atomic mass is 10.3. The highest BCUT2D eigenvalue weighted by molar-refractivity contribution is 7.18. The van der Waals surface area contributed by atoms with Crippen LogP contribution in [0.25, 0.3) is 10.2 Å². The lowest BCUT2D eigenvalue weighted by Gasteiger charge is -2.20. The van der Waals surface area contributed by atoms with Crippen molar-refractivity contribution in [1.29, 1.82) is 0 Å². The van der Waals surface area contributed by atoms with Crippen LogP contribution in [0.1, 0.15) is 31.7 Å². The molecule has 0 aliphatic carbocycles. The molecule has 0 saturated heterocycles. The number of nitrogens with zero attached hydrogens (tertiary/aromatic N) is 2. The molecule has 1 aromatic heterocycles. The summed E-state index contributed by atoms with van der Waals surface area (Å²) < 4.78 is 1.21. The van der Waals surface area contributed by atoms with Crippen LogP contribution in [-0.4, -0.2) is 42.0 Å². The summed E-state index contributed by atoms with van der Waals surface area (Å²) >= 11 is 1.71. The second-order valence-electron chi connectivity index (χ2n) is 5.45. The number of fused-ring (bicyclic) bond motifs is 1. The fourth-order valence-corrected chi connectivity index (χ4v) is 3.46. The van der Waals surface area contributed by atoms with Crippen molar-refractivity contribution in [2.24, 2.45) is 0 Å². The van der Waals surface area contributed by atoms with Crippen molar-refractivity contribution < 1.29 is 4.79 Å². The summed E-state index contributed by atoms with van der Waals surface area (Å²) in [4.78, 5) is 18.8. The van der Waals surface area contributed by atoms with Gasteiger partial charge in [0.05, 0.1) is 21.8 Å². The van der Waals surface area contributed by atoms with Crippen molar-refractivity contribution in [3.05, 3.63) is 29.3 Å². The predicted molar refractivity (Wildman–Crippen MR) is 93.4 cm³/mol. The van der Waals surface area contributed by atoms with Crippen LogP contribution in [0, 0.1) is 0 Å². The Morgan fingerprint density at radius 3 is 2.64 bits per heavy atom. The Kier molecular flexibility index (Phi) is 6.80. The number of benzene rings is 1. The van der Waals surface area contributed by atoms with Crippen LogP contribution in [0.15, 0.2) is 24.3 Å². The summed E-state index contributed by atoms with van der Waals surface area (Å²) in [5.74, 6) is 0.114. The number of carbonyl (C=O) groups excluding carboxylic acids is 1. The van der Waals surface area contributed by atoms with Crippen molar-refractivity contribution in [1.82, 2.24) is 15.2 Å². The molecule has 2 rings (SSSR count). The summed E-state index contributed by atoms with van der Waals surface area (Å²) in [6.45, 7) is 7.42. The number of hydrogen-bond acceptors (Lipinski definition) is 4. The molecule has 1 heterocycles. The summed E-state index contributed by atoms with van der Waals surface area (Å²) in [7, 11) is 0. The molecule has 1 amide bonds. The first kappa shape index (κ1) is 16.9. The van der Waals surface area contributed by atoms with Gasteiger partial charge in [-0.15, -0.1) is 11.3 Å². The Bertz CT molecular complexity index is 557. The predicted octanol–water partition coefficient (Wildman–Crippen LogP) is 3.08. The van der Waals surface area contributed by atoms with Crippen molar-refractivity contribution in [2.75, 3.05) is 26.2 Å². The molecule has 1 N–H and O–H groups in total. The molecular weight excluding hydrogens is 294 g/mol. The molecule has 0 fully saturated rings. The molecule has 0 saturated carbocycles. The van der Waals surface area contributed by atoms with E-state index < -0.39 is 0 Å². The molecule has 4 nitrogen and oxygen atoms in total. The molecule has 0 spiro atoms. The lowest BCUT2D eigenvalue weighted by molar-refractivity contribution is -0.122. The molecule has 1 aromatic carbocycles. The molecule has 0 aliphatic heterocycles. The highest BCUT2D eigenvalue weighted by Gasteiger charge is 2.09. The highest BCUT2D eigenvalue weighted by atomic mass is 32.1. The number of carbonyl (C=O) groups is 1. The second-order valence-corrected chi connectivity index (χ2v) is 6.57. The lowest BCUT2D eigenvalue weighted by Crippen LogP contribution is -2.38. The minimum absolute atomic E-state index is 0.114. The van der Waals surface area contributed by atoms with Gasteiger partial charge in [-0.05, 0) is 38.1 Å². The van der Waals surface area contributed by atoms with E-state index in [-0.39, 0.29) is 5.91 Å². The van der Waals surface area contributed by atoms with Gasteiger partial charge in [0.15, 0.2) is 0 Å². The number of hydrogen-bond donors (Lipinski definition) is 1. The van der Waals surface area contributed by atoms with E-state index in [0.29, 0.717) is 13.1 Å². The molecule has 0 unspecified atom stereocenters. The normalized spacial score (nSPS) is 11.2. The van der Waals surface area contributed by atoms with E-state index in [1.54, 1.807) is 11.3 Å². The molecule has 5 heteroatoms. The Morgan fingerprint density at radius 2 is 1.95 bits per heavy atom. The van der Waals surface area contributed by atoms with Gasteiger partial charge in [0.2, 0.25) is 5.91 Å². The minimum Gasteiger partial charge on any atom is -0.355 e. The van der Waals surface area contributed by atoms with E-state index in [1.807, 2.05) is 18.2 Å². The number of amides is 1. The zero-order chi connectivity index (χ0) is 15.8. The second kappa shape index (κ2) is 8.86. The molecule has 0 aliphatic rings. The van der Waals surface area contributed by atoms with Crippen LogP contribution < -0.4 is 5.32 Å². The van der Waals surface area contributed by atoms with E-state index in [0.717, 1.165) is 42.9 Å². The quantitative estimate of drug-likeness (QED) is 0.772. The highest BCUT2D eigenvalue weighted by Crippen LogP contribution is 2.21. The smallest absolute Gasteiger partial charge is 0.234 e. The largest absolute Gasteiger partial charge is 0.355 e. The van der Waals surface area contributed by atoms with Gasteiger partial charge in [0.1, 0.15) is 0 Å². The number of thiazole rings is 1. The number of para-hydroxylation sites is 1. The Balaban J connectivity index is 1.76. The van der Waals surface area contributed by atoms with Crippen LogP contribution in [0.5, 0.6) is 0 Å². The topological polar surface area (TPSA) is 45.2 Å². The van der Waals surface area contributed by atoms with Crippen LogP contribution in [0.2, 0.25) is 0 Å². The van der Waals surface area contributed by atoms with Crippen molar-refractivity contribution in [3.63, 3.8) is 0 Å². The maximum Gasteiger partial charge on any atom is 0.234 e. The van der Waals surface area contributed by atoms with Gasteiger partial charge in [-0.3, -0.25) is 9.69 Å². The third-order valence-corrected chi connectivity index (χ3v) is 4.54. The van der Waals surface area contributed by atoms with Gasteiger partial charge in [0.25, 0.3) is 0 Å². The van der Waals surface area contributed by atoms with E-state index in [9.17, 15) is 4.79 Å². The monoisotopic (exact) mass is 319 g/mol. The molecule has 22 heavy (non-hydrogen) atoms. The molecule has 0 atom stereocenters. The zero-order valence-corrected chi connectivity index (χ0v) is 14.3.